The third kappa shape index (κ3) is 5.56. The molecule has 0 bridgehead atoms. The quantitative estimate of drug-likeness (QED) is 0.367. The van der Waals surface area contributed by atoms with E-state index in [-0.39, 0.29) is 19.0 Å². The van der Waals surface area contributed by atoms with Gasteiger partial charge in [0.25, 0.3) is 5.91 Å². The van der Waals surface area contributed by atoms with Crippen LogP contribution in [0, 0.1) is 0 Å². The minimum absolute atomic E-state index is 0.0115. The summed E-state index contributed by atoms with van der Waals surface area (Å²) in [6.07, 6.45) is -6.94. The van der Waals surface area contributed by atoms with Crippen molar-refractivity contribution in [2.45, 2.75) is 31.2 Å². The molecule has 1 aromatic heterocycles. The van der Waals surface area contributed by atoms with Gasteiger partial charge in [-0.2, -0.15) is 26.3 Å². The van der Waals surface area contributed by atoms with E-state index in [0.29, 0.717) is 38.2 Å². The first-order valence-electron chi connectivity index (χ1n) is 11.3. The van der Waals surface area contributed by atoms with E-state index in [9.17, 15) is 35.9 Å². The van der Waals surface area contributed by atoms with Crippen LogP contribution in [-0.2, 0) is 23.6 Å². The molecule has 0 saturated carbocycles. The van der Waals surface area contributed by atoms with Gasteiger partial charge >= 0.3 is 12.4 Å². The molecule has 1 aliphatic heterocycles. The Morgan fingerprint density at radius 1 is 1.00 bits per heavy atom. The van der Waals surface area contributed by atoms with Crippen LogP contribution in [0.1, 0.15) is 33.5 Å². The average Bonchev–Trinajstić information content (AvgIpc) is 3.24. The fourth-order valence-corrected chi connectivity index (χ4v) is 4.60. The predicted molar refractivity (Wildman–Crippen MR) is 120 cm³/mol. The van der Waals surface area contributed by atoms with Gasteiger partial charge in [0.1, 0.15) is 6.29 Å². The second-order valence-electron chi connectivity index (χ2n) is 8.77. The first-order valence-corrected chi connectivity index (χ1v) is 11.3. The third-order valence-electron chi connectivity index (χ3n) is 6.36. The Bertz CT molecular complexity index is 1220. The van der Waals surface area contributed by atoms with E-state index in [1.807, 2.05) is 29.2 Å². The van der Waals surface area contributed by atoms with Gasteiger partial charge in [0.15, 0.2) is 0 Å². The van der Waals surface area contributed by atoms with Gasteiger partial charge in [-0.15, -0.1) is 0 Å². The van der Waals surface area contributed by atoms with Crippen molar-refractivity contribution < 1.29 is 35.9 Å². The molecule has 2 heterocycles. The molecule has 0 spiro atoms. The Balaban J connectivity index is 1.69. The number of hydrogen-bond acceptors (Lipinski definition) is 3. The number of benzene rings is 2. The van der Waals surface area contributed by atoms with E-state index in [1.165, 1.54) is 4.90 Å². The lowest BCUT2D eigenvalue weighted by Crippen LogP contribution is -2.56. The molecule has 3 aromatic rings. The zero-order chi connectivity index (χ0) is 26.1. The zero-order valence-electron chi connectivity index (χ0n) is 19.0. The molecule has 0 aliphatic carbocycles. The Morgan fingerprint density at radius 2 is 1.67 bits per heavy atom. The molecular weight excluding hydrogens is 488 g/mol. The number of nitrogens with zero attached hydrogens (tertiary/aromatic N) is 2. The molecule has 2 aromatic carbocycles. The van der Waals surface area contributed by atoms with Gasteiger partial charge in [0.2, 0.25) is 0 Å². The minimum Gasteiger partial charge on any atom is -0.361 e. The Hall–Kier alpha value is -3.34. The average molecular weight is 511 g/mol. The van der Waals surface area contributed by atoms with Gasteiger partial charge in [0, 0.05) is 61.3 Å². The van der Waals surface area contributed by atoms with Gasteiger partial charge in [-0.05, 0) is 36.2 Å². The van der Waals surface area contributed by atoms with Gasteiger partial charge in [0.05, 0.1) is 11.1 Å². The molecule has 0 unspecified atom stereocenters. The number of H-pyrrole nitrogens is 1. The summed E-state index contributed by atoms with van der Waals surface area (Å²) in [6.45, 7) is 1.21. The van der Waals surface area contributed by atoms with E-state index >= 15 is 0 Å². The molecule has 1 atom stereocenters. The Kier molecular flexibility index (Phi) is 7.12. The Morgan fingerprint density at radius 3 is 2.31 bits per heavy atom. The number of aromatic nitrogens is 1. The SMILES string of the molecule is O=CCCN1CCN(C(=O)c2cc(C(F)(F)F)cc(C(F)(F)F)c2)[C@H](Cc2c[nH]c3ccccc23)C1. The Labute approximate surface area is 202 Å². The summed E-state index contributed by atoms with van der Waals surface area (Å²) in [6, 6.07) is 7.90. The lowest BCUT2D eigenvalue weighted by atomic mass is 9.98. The molecule has 11 heteroatoms. The number of amides is 1. The fraction of sp³-hybridized carbons (Fsp3) is 0.360. The monoisotopic (exact) mass is 511 g/mol. The number of para-hydroxylation sites is 1. The number of nitrogens with one attached hydrogen (secondary N) is 1. The standard InChI is InChI=1S/C25H23F6N3O2/c26-24(27,28)18-10-16(11-19(13-18)25(29,30)31)23(36)34-8-7-33(6-3-9-35)15-20(34)12-17-14-32-22-5-2-1-4-21(17)22/h1-2,4-5,9-11,13-14,20,32H,3,6-8,12,15H2/t20-/m1/s1. The highest BCUT2D eigenvalue weighted by Crippen LogP contribution is 2.37. The molecule has 4 rings (SSSR count). The molecule has 1 fully saturated rings. The lowest BCUT2D eigenvalue weighted by molar-refractivity contribution is -0.143. The van der Waals surface area contributed by atoms with Gasteiger partial charge < -0.3 is 14.7 Å². The first kappa shape index (κ1) is 25.7. The lowest BCUT2D eigenvalue weighted by Gasteiger charge is -2.41. The largest absolute Gasteiger partial charge is 0.416 e. The van der Waals surface area contributed by atoms with Crippen LogP contribution in [0.4, 0.5) is 26.3 Å². The number of fused-ring (bicyclic) bond motifs is 1. The van der Waals surface area contributed by atoms with Crippen molar-refractivity contribution in [3.05, 3.63) is 70.9 Å². The maximum atomic E-state index is 13.4. The van der Waals surface area contributed by atoms with Crippen LogP contribution in [0.15, 0.2) is 48.7 Å². The molecule has 1 saturated heterocycles. The number of halogens is 6. The summed E-state index contributed by atoms with van der Waals surface area (Å²) in [5.41, 5.74) is -1.99. The molecular formula is C25H23F6N3O2. The summed E-state index contributed by atoms with van der Waals surface area (Å²) < 4.78 is 80.1. The van der Waals surface area contributed by atoms with Gasteiger partial charge in [-0.25, -0.2) is 0 Å². The summed E-state index contributed by atoms with van der Waals surface area (Å²) in [5, 5.41) is 0.911. The number of alkyl halides is 6. The van der Waals surface area contributed by atoms with Gasteiger partial charge in [-0.1, -0.05) is 18.2 Å². The number of carbonyl (C=O) groups excluding carboxylic acids is 2. The van der Waals surface area contributed by atoms with Crippen LogP contribution in [0.2, 0.25) is 0 Å². The summed E-state index contributed by atoms with van der Waals surface area (Å²) in [5.74, 6) is -0.897. The molecule has 192 valence electrons. The van der Waals surface area contributed by atoms with Crippen molar-refractivity contribution >= 4 is 23.1 Å². The van der Waals surface area contributed by atoms with Crippen LogP contribution in [-0.4, -0.2) is 59.2 Å². The highest BCUT2D eigenvalue weighted by atomic mass is 19.4. The van der Waals surface area contributed by atoms with E-state index in [4.69, 9.17) is 0 Å². The van der Waals surface area contributed by atoms with Crippen molar-refractivity contribution in [1.82, 2.24) is 14.8 Å². The first-order chi connectivity index (χ1) is 17.0. The summed E-state index contributed by atoms with van der Waals surface area (Å²) in [4.78, 5) is 30.7. The van der Waals surface area contributed by atoms with Crippen LogP contribution in [0.3, 0.4) is 0 Å². The maximum absolute atomic E-state index is 13.4. The van der Waals surface area contributed by atoms with E-state index in [0.717, 1.165) is 22.8 Å². The van der Waals surface area contributed by atoms with Crippen LogP contribution >= 0.6 is 0 Å². The fourth-order valence-electron chi connectivity index (χ4n) is 4.60. The predicted octanol–water partition coefficient (Wildman–Crippen LogP) is 5.16. The van der Waals surface area contributed by atoms with E-state index < -0.39 is 41.0 Å². The summed E-state index contributed by atoms with van der Waals surface area (Å²) >= 11 is 0. The third-order valence-corrected chi connectivity index (χ3v) is 6.36. The smallest absolute Gasteiger partial charge is 0.361 e. The maximum Gasteiger partial charge on any atom is 0.416 e. The molecule has 1 N–H and O–H groups in total. The second kappa shape index (κ2) is 9.96. The van der Waals surface area contributed by atoms with Crippen molar-refractivity contribution in [3.63, 3.8) is 0 Å². The molecule has 1 aliphatic rings. The molecule has 1 amide bonds. The highest BCUT2D eigenvalue weighted by molar-refractivity contribution is 5.95. The highest BCUT2D eigenvalue weighted by Gasteiger charge is 2.39. The van der Waals surface area contributed by atoms with Crippen molar-refractivity contribution in [2.24, 2.45) is 0 Å². The number of aromatic amines is 1. The molecule has 5 nitrogen and oxygen atoms in total. The second-order valence-corrected chi connectivity index (χ2v) is 8.77. The molecule has 0 radical (unpaired) electrons. The van der Waals surface area contributed by atoms with Crippen LogP contribution in [0.5, 0.6) is 0 Å². The van der Waals surface area contributed by atoms with Crippen molar-refractivity contribution in [2.75, 3.05) is 26.2 Å². The topological polar surface area (TPSA) is 56.4 Å². The number of rotatable bonds is 6. The summed E-state index contributed by atoms with van der Waals surface area (Å²) in [7, 11) is 0. The van der Waals surface area contributed by atoms with Gasteiger partial charge in [-0.3, -0.25) is 9.69 Å². The van der Waals surface area contributed by atoms with E-state index in [2.05, 4.69) is 4.98 Å². The number of aldehydes is 1. The van der Waals surface area contributed by atoms with Crippen LogP contribution in [0.25, 0.3) is 10.9 Å². The van der Waals surface area contributed by atoms with E-state index in [1.54, 1.807) is 6.20 Å². The van der Waals surface area contributed by atoms with Crippen molar-refractivity contribution in [1.29, 1.82) is 0 Å². The number of carbonyl (C=O) groups is 2. The minimum atomic E-state index is -5.05. The zero-order valence-corrected chi connectivity index (χ0v) is 19.0. The normalized spacial score (nSPS) is 17.5. The number of piperazine rings is 1. The van der Waals surface area contributed by atoms with Crippen molar-refractivity contribution in [3.8, 4) is 0 Å². The van der Waals surface area contributed by atoms with Crippen LogP contribution < -0.4 is 0 Å². The molecule has 36 heavy (non-hydrogen) atoms. The number of hydrogen-bond donors (Lipinski definition) is 1.